The Morgan fingerprint density at radius 2 is 1.82 bits per heavy atom. The number of fused-ring (bicyclic) bond motifs is 1. The lowest BCUT2D eigenvalue weighted by molar-refractivity contribution is -0.138. The zero-order valence-electron chi connectivity index (χ0n) is 20.4. The van der Waals surface area contributed by atoms with Crippen LogP contribution in [0.15, 0.2) is 47.5 Å². The Bertz CT molecular complexity index is 1410. The minimum absolute atomic E-state index is 0.0134. The van der Waals surface area contributed by atoms with E-state index in [1.54, 1.807) is 30.5 Å². The first-order valence-electron chi connectivity index (χ1n) is 12.4. The Hall–Kier alpha value is -2.82. The molecule has 2 N–H and O–H groups in total. The number of benzene rings is 2. The fourth-order valence-corrected chi connectivity index (χ4v) is 6.17. The zero-order chi connectivity index (χ0) is 27.0. The number of thioether (sulfide) groups is 1. The van der Waals surface area contributed by atoms with Crippen LogP contribution in [0.1, 0.15) is 42.4 Å². The van der Waals surface area contributed by atoms with Gasteiger partial charge in [-0.3, -0.25) is 19.2 Å². The molecule has 1 saturated heterocycles. The van der Waals surface area contributed by atoms with E-state index >= 15 is 0 Å². The number of alkyl halides is 3. The molecule has 6 nitrogen and oxygen atoms in total. The predicted molar refractivity (Wildman–Crippen MR) is 142 cm³/mol. The van der Waals surface area contributed by atoms with E-state index in [0.29, 0.717) is 46.3 Å². The second-order valence-corrected chi connectivity index (χ2v) is 11.3. The van der Waals surface area contributed by atoms with Gasteiger partial charge in [-0.05, 0) is 97.3 Å². The predicted octanol–water partition coefficient (Wildman–Crippen LogP) is 6.56. The van der Waals surface area contributed by atoms with Crippen LogP contribution in [0.3, 0.4) is 0 Å². The molecule has 1 saturated carbocycles. The number of carbonyl (C=O) groups is 2. The molecule has 3 aromatic rings. The molecule has 2 fully saturated rings. The van der Waals surface area contributed by atoms with Crippen molar-refractivity contribution in [1.29, 1.82) is 0 Å². The third-order valence-electron chi connectivity index (χ3n) is 7.28. The SMILES string of the molecule is NCC1CCC(CN2C(=O)S/C(=C\c3ccc4c(cnn4Cc4ccc(Cl)cc4C(F)(F)F)c3)C2=O)CC1. The molecular formula is C27H26ClF3N4O2S. The smallest absolute Gasteiger partial charge is 0.330 e. The van der Waals surface area contributed by atoms with Gasteiger partial charge in [-0.15, -0.1) is 0 Å². The monoisotopic (exact) mass is 562 g/mol. The molecule has 11 heteroatoms. The molecule has 1 aliphatic carbocycles. The first-order valence-corrected chi connectivity index (χ1v) is 13.6. The third-order valence-corrected chi connectivity index (χ3v) is 8.42. The molecule has 2 aliphatic rings. The quantitative estimate of drug-likeness (QED) is 0.344. The van der Waals surface area contributed by atoms with Crippen LogP contribution >= 0.6 is 23.4 Å². The number of hydrogen-bond acceptors (Lipinski definition) is 5. The highest BCUT2D eigenvalue weighted by Crippen LogP contribution is 2.37. The molecular weight excluding hydrogens is 537 g/mol. The molecule has 38 heavy (non-hydrogen) atoms. The van der Waals surface area contributed by atoms with E-state index in [2.05, 4.69) is 5.10 Å². The van der Waals surface area contributed by atoms with Gasteiger partial charge in [0.2, 0.25) is 0 Å². The van der Waals surface area contributed by atoms with Crippen molar-refractivity contribution in [1.82, 2.24) is 14.7 Å². The number of nitrogens with zero attached hydrogens (tertiary/aromatic N) is 3. The highest BCUT2D eigenvalue weighted by molar-refractivity contribution is 8.18. The standard InChI is InChI=1S/C27H26ClF3N4O2S/c28-21-7-6-19(22(11-21)27(29,30)31)15-35-23-8-5-18(9-20(23)13-33-35)10-24-25(36)34(26(37)38-24)14-17-3-1-16(12-32)2-4-17/h5-11,13,16-17H,1-4,12,14-15,32H2/b24-10-. The minimum atomic E-state index is -4.54. The summed E-state index contributed by atoms with van der Waals surface area (Å²) in [6, 6.07) is 9.00. The van der Waals surface area contributed by atoms with Gasteiger partial charge in [0.05, 0.1) is 28.7 Å². The van der Waals surface area contributed by atoms with Crippen LogP contribution in [-0.2, 0) is 17.5 Å². The van der Waals surface area contributed by atoms with Gasteiger partial charge in [0.15, 0.2) is 0 Å². The largest absolute Gasteiger partial charge is 0.416 e. The van der Waals surface area contributed by atoms with E-state index in [4.69, 9.17) is 17.3 Å². The average molecular weight is 563 g/mol. The van der Waals surface area contributed by atoms with Crippen LogP contribution in [0.2, 0.25) is 5.02 Å². The van der Waals surface area contributed by atoms with E-state index in [9.17, 15) is 22.8 Å². The number of carbonyl (C=O) groups excluding carboxylic acids is 2. The highest BCUT2D eigenvalue weighted by atomic mass is 35.5. The Kier molecular flexibility index (Phi) is 7.57. The van der Waals surface area contributed by atoms with Gasteiger partial charge in [-0.2, -0.15) is 18.3 Å². The fourth-order valence-electron chi connectivity index (χ4n) is 5.15. The van der Waals surface area contributed by atoms with Gasteiger partial charge in [0, 0.05) is 17.0 Å². The number of halogens is 4. The van der Waals surface area contributed by atoms with E-state index in [0.717, 1.165) is 43.5 Å². The van der Waals surface area contributed by atoms with Crippen LogP contribution in [0.4, 0.5) is 18.0 Å². The number of nitrogens with two attached hydrogens (primary N) is 1. The summed E-state index contributed by atoms with van der Waals surface area (Å²) in [7, 11) is 0. The van der Waals surface area contributed by atoms with Gasteiger partial charge in [0.25, 0.3) is 11.1 Å². The fraction of sp³-hybridized carbons (Fsp3) is 0.370. The van der Waals surface area contributed by atoms with Gasteiger partial charge in [-0.1, -0.05) is 23.7 Å². The van der Waals surface area contributed by atoms with Crippen molar-refractivity contribution < 1.29 is 22.8 Å². The van der Waals surface area contributed by atoms with E-state index in [-0.39, 0.29) is 28.3 Å². The van der Waals surface area contributed by atoms with Crippen molar-refractivity contribution >= 4 is 51.5 Å². The lowest BCUT2D eigenvalue weighted by Gasteiger charge is -2.29. The van der Waals surface area contributed by atoms with Crippen LogP contribution in [0, 0.1) is 11.8 Å². The third kappa shape index (κ3) is 5.62. The van der Waals surface area contributed by atoms with Crippen LogP contribution < -0.4 is 5.73 Å². The summed E-state index contributed by atoms with van der Waals surface area (Å²) in [5, 5.41) is 4.73. The number of rotatable bonds is 6. The average Bonchev–Trinajstić information content (AvgIpc) is 3.40. The maximum atomic E-state index is 13.5. The maximum Gasteiger partial charge on any atom is 0.416 e. The molecule has 1 aliphatic heterocycles. The molecule has 1 aromatic heterocycles. The summed E-state index contributed by atoms with van der Waals surface area (Å²) >= 11 is 6.72. The van der Waals surface area contributed by atoms with Crippen molar-refractivity contribution in [2.24, 2.45) is 17.6 Å². The number of amides is 2. The number of hydrogen-bond donors (Lipinski definition) is 1. The Morgan fingerprint density at radius 1 is 1.08 bits per heavy atom. The summed E-state index contributed by atoms with van der Waals surface area (Å²) in [6.45, 7) is 1.02. The molecule has 2 heterocycles. The summed E-state index contributed by atoms with van der Waals surface area (Å²) in [5.41, 5.74) is 6.37. The molecule has 5 rings (SSSR count). The van der Waals surface area contributed by atoms with Crippen molar-refractivity contribution in [2.75, 3.05) is 13.1 Å². The lowest BCUT2D eigenvalue weighted by Crippen LogP contribution is -2.35. The van der Waals surface area contributed by atoms with Crippen LogP contribution in [-0.4, -0.2) is 38.9 Å². The van der Waals surface area contributed by atoms with Gasteiger partial charge >= 0.3 is 6.18 Å². The maximum absolute atomic E-state index is 13.5. The molecule has 0 atom stereocenters. The number of imide groups is 1. The summed E-state index contributed by atoms with van der Waals surface area (Å²) in [5.74, 6) is 0.531. The van der Waals surface area contributed by atoms with Crippen molar-refractivity contribution in [3.8, 4) is 0 Å². The molecule has 0 spiro atoms. The molecule has 0 bridgehead atoms. The molecule has 2 amide bonds. The van der Waals surface area contributed by atoms with Crippen LogP contribution in [0.5, 0.6) is 0 Å². The second kappa shape index (κ2) is 10.7. The zero-order valence-corrected chi connectivity index (χ0v) is 22.0. The lowest BCUT2D eigenvalue weighted by atomic mass is 9.82. The molecule has 2 aromatic carbocycles. The molecule has 0 radical (unpaired) electrons. The van der Waals surface area contributed by atoms with E-state index < -0.39 is 11.7 Å². The van der Waals surface area contributed by atoms with Crippen molar-refractivity contribution in [3.63, 3.8) is 0 Å². The topological polar surface area (TPSA) is 81.2 Å². The summed E-state index contributed by atoms with van der Waals surface area (Å²) in [4.78, 5) is 27.3. The second-order valence-electron chi connectivity index (χ2n) is 9.83. The number of aromatic nitrogens is 2. The van der Waals surface area contributed by atoms with Crippen molar-refractivity contribution in [2.45, 2.75) is 38.4 Å². The Labute approximate surface area is 227 Å². The van der Waals surface area contributed by atoms with Gasteiger partial charge < -0.3 is 5.73 Å². The summed E-state index contributed by atoms with van der Waals surface area (Å²) < 4.78 is 42.0. The van der Waals surface area contributed by atoms with E-state index in [1.807, 2.05) is 0 Å². The van der Waals surface area contributed by atoms with Gasteiger partial charge in [0.1, 0.15) is 0 Å². The first kappa shape index (κ1) is 26.8. The molecule has 0 unspecified atom stereocenters. The minimum Gasteiger partial charge on any atom is -0.330 e. The highest BCUT2D eigenvalue weighted by Gasteiger charge is 2.37. The van der Waals surface area contributed by atoms with Gasteiger partial charge in [-0.25, -0.2) is 0 Å². The Balaban J connectivity index is 1.32. The normalized spacial score (nSPS) is 21.7. The first-order chi connectivity index (χ1) is 18.1. The van der Waals surface area contributed by atoms with E-state index in [1.165, 1.54) is 21.7 Å². The van der Waals surface area contributed by atoms with Crippen molar-refractivity contribution in [3.05, 3.63) is 69.2 Å². The Morgan fingerprint density at radius 3 is 2.53 bits per heavy atom. The summed E-state index contributed by atoms with van der Waals surface area (Å²) in [6.07, 6.45) is 2.68. The molecule has 200 valence electrons. The van der Waals surface area contributed by atoms with Crippen LogP contribution in [0.25, 0.3) is 17.0 Å².